The number of aliphatic carboxylic acids is 2. The van der Waals surface area contributed by atoms with E-state index in [1.807, 2.05) is 6.92 Å². The van der Waals surface area contributed by atoms with E-state index in [0.29, 0.717) is 12.8 Å². The SMILES string of the molecule is CCCCCCCCCCCCC(CCC)(C(=O)O)C(=O)O.[MgH2]. The first-order chi connectivity index (χ1) is 10.5. The zero-order valence-electron chi connectivity index (χ0n) is 14.4. The number of carboxylic acids is 2. The molecule has 0 saturated heterocycles. The van der Waals surface area contributed by atoms with Crippen molar-refractivity contribution in [3.63, 3.8) is 0 Å². The Morgan fingerprint density at radius 2 is 1.04 bits per heavy atom. The predicted molar refractivity (Wildman–Crippen MR) is 97.6 cm³/mol. The highest BCUT2D eigenvalue weighted by Crippen LogP contribution is 2.32. The van der Waals surface area contributed by atoms with Crippen LogP contribution in [0.25, 0.3) is 0 Å². The molecule has 0 unspecified atom stereocenters. The molecule has 0 aliphatic heterocycles. The van der Waals surface area contributed by atoms with Crippen LogP contribution in [0.2, 0.25) is 0 Å². The molecule has 0 bridgehead atoms. The van der Waals surface area contributed by atoms with Gasteiger partial charge in [-0.25, -0.2) is 0 Å². The molecule has 0 aliphatic carbocycles. The van der Waals surface area contributed by atoms with Crippen LogP contribution in [0.5, 0.6) is 0 Å². The smallest absolute Gasteiger partial charge is 0.321 e. The average molecular weight is 341 g/mol. The Bertz CT molecular complexity index is 304. The molecule has 4 nitrogen and oxygen atoms in total. The maximum absolute atomic E-state index is 11.4. The van der Waals surface area contributed by atoms with E-state index in [9.17, 15) is 19.8 Å². The summed E-state index contributed by atoms with van der Waals surface area (Å²) in [5.74, 6) is -2.37. The van der Waals surface area contributed by atoms with E-state index in [2.05, 4.69) is 6.92 Å². The fraction of sp³-hybridized carbons (Fsp3) is 0.889. The Balaban J connectivity index is 0. The number of hydrogen-bond acceptors (Lipinski definition) is 2. The van der Waals surface area contributed by atoms with Crippen molar-refractivity contribution in [3.8, 4) is 0 Å². The fourth-order valence-electron chi connectivity index (χ4n) is 2.99. The van der Waals surface area contributed by atoms with Gasteiger partial charge in [0, 0.05) is 0 Å². The van der Waals surface area contributed by atoms with Crippen LogP contribution in [0.3, 0.4) is 0 Å². The van der Waals surface area contributed by atoms with Crippen LogP contribution in [0.15, 0.2) is 0 Å². The highest BCUT2D eigenvalue weighted by atomic mass is 24.3. The van der Waals surface area contributed by atoms with Gasteiger partial charge in [-0.15, -0.1) is 0 Å². The first-order valence-corrected chi connectivity index (χ1v) is 8.98. The quantitative estimate of drug-likeness (QED) is 0.264. The van der Waals surface area contributed by atoms with Gasteiger partial charge in [-0.3, -0.25) is 9.59 Å². The van der Waals surface area contributed by atoms with E-state index in [4.69, 9.17) is 0 Å². The molecular formula is C18H36MgO4. The maximum Gasteiger partial charge on any atom is 0.321 e. The topological polar surface area (TPSA) is 74.6 Å². The summed E-state index contributed by atoms with van der Waals surface area (Å²) in [4.78, 5) is 22.7. The van der Waals surface area contributed by atoms with E-state index in [1.165, 1.54) is 44.9 Å². The van der Waals surface area contributed by atoms with Crippen molar-refractivity contribution in [3.05, 3.63) is 0 Å². The summed E-state index contributed by atoms with van der Waals surface area (Å²) < 4.78 is 0. The van der Waals surface area contributed by atoms with Gasteiger partial charge in [-0.05, 0) is 12.8 Å². The minimum absolute atomic E-state index is 0. The Morgan fingerprint density at radius 1 is 0.652 bits per heavy atom. The Kier molecular flexibility index (Phi) is 16.5. The molecule has 0 aromatic heterocycles. The number of unbranched alkanes of at least 4 members (excludes halogenated alkanes) is 9. The first kappa shape index (κ1) is 25.0. The summed E-state index contributed by atoms with van der Waals surface area (Å²) in [6.07, 6.45) is 12.7. The van der Waals surface area contributed by atoms with Gasteiger partial charge < -0.3 is 10.2 Å². The molecule has 23 heavy (non-hydrogen) atoms. The lowest BCUT2D eigenvalue weighted by atomic mass is 9.78. The van der Waals surface area contributed by atoms with Gasteiger partial charge in [-0.1, -0.05) is 84.5 Å². The Morgan fingerprint density at radius 3 is 1.39 bits per heavy atom. The van der Waals surface area contributed by atoms with Gasteiger partial charge in [0.1, 0.15) is 0 Å². The Hall–Kier alpha value is -0.294. The molecular weight excluding hydrogens is 304 g/mol. The van der Waals surface area contributed by atoms with Gasteiger partial charge in [-0.2, -0.15) is 0 Å². The van der Waals surface area contributed by atoms with Gasteiger partial charge in [0.15, 0.2) is 5.41 Å². The highest BCUT2D eigenvalue weighted by molar-refractivity contribution is 5.98. The second kappa shape index (κ2) is 15.2. The van der Waals surface area contributed by atoms with Crippen molar-refractivity contribution >= 4 is 35.0 Å². The second-order valence-corrected chi connectivity index (χ2v) is 6.37. The lowest BCUT2D eigenvalue weighted by Gasteiger charge is -2.24. The first-order valence-electron chi connectivity index (χ1n) is 8.98. The van der Waals surface area contributed by atoms with E-state index < -0.39 is 17.4 Å². The third-order valence-electron chi connectivity index (χ3n) is 4.45. The molecule has 0 saturated carbocycles. The number of carboxylic acid groups (broad SMARTS) is 2. The summed E-state index contributed by atoms with van der Waals surface area (Å²) >= 11 is 0. The number of carbonyl (C=O) groups is 2. The predicted octanol–water partition coefficient (Wildman–Crippen LogP) is 4.34. The summed E-state index contributed by atoms with van der Waals surface area (Å²) in [5.41, 5.74) is -1.57. The van der Waals surface area contributed by atoms with Crippen LogP contribution >= 0.6 is 0 Å². The molecule has 0 amide bonds. The van der Waals surface area contributed by atoms with Crippen LogP contribution in [0.1, 0.15) is 97.3 Å². The van der Waals surface area contributed by atoms with E-state index in [1.54, 1.807) is 0 Å². The molecule has 2 N–H and O–H groups in total. The summed E-state index contributed by atoms with van der Waals surface area (Å²) in [6, 6.07) is 0. The van der Waals surface area contributed by atoms with Crippen molar-refractivity contribution < 1.29 is 19.8 Å². The molecule has 0 atom stereocenters. The zero-order valence-corrected chi connectivity index (χ0v) is 14.4. The Labute approximate surface area is 157 Å². The summed E-state index contributed by atoms with van der Waals surface area (Å²) in [7, 11) is 0. The molecule has 0 radical (unpaired) electrons. The molecule has 0 rings (SSSR count). The van der Waals surface area contributed by atoms with Crippen molar-refractivity contribution in [2.24, 2.45) is 5.41 Å². The molecule has 0 aliphatic rings. The zero-order chi connectivity index (χ0) is 16.8. The van der Waals surface area contributed by atoms with Crippen molar-refractivity contribution in [1.29, 1.82) is 0 Å². The van der Waals surface area contributed by atoms with Crippen LogP contribution in [-0.2, 0) is 9.59 Å². The highest BCUT2D eigenvalue weighted by Gasteiger charge is 2.44. The standard InChI is InChI=1S/C18H34O4.Mg.2H/c1-3-5-6-7-8-9-10-11-12-13-15-18(14-4-2,16(19)20)17(21)22;;;/h3-15H2,1-2H3,(H,19,20)(H,21,22);;;. The summed E-state index contributed by atoms with van der Waals surface area (Å²) in [5, 5.41) is 18.6. The van der Waals surface area contributed by atoms with E-state index >= 15 is 0 Å². The van der Waals surface area contributed by atoms with Crippen LogP contribution in [0, 0.1) is 5.41 Å². The molecule has 134 valence electrons. The van der Waals surface area contributed by atoms with Crippen molar-refractivity contribution in [1.82, 2.24) is 0 Å². The van der Waals surface area contributed by atoms with E-state index in [-0.39, 0.29) is 35.9 Å². The van der Waals surface area contributed by atoms with E-state index in [0.717, 1.165) is 12.8 Å². The third-order valence-corrected chi connectivity index (χ3v) is 4.45. The average Bonchev–Trinajstić information content (AvgIpc) is 2.47. The molecule has 0 heterocycles. The van der Waals surface area contributed by atoms with Crippen LogP contribution < -0.4 is 0 Å². The minimum Gasteiger partial charge on any atom is -0.480 e. The molecule has 0 aromatic carbocycles. The molecule has 0 fully saturated rings. The fourth-order valence-corrected chi connectivity index (χ4v) is 2.99. The van der Waals surface area contributed by atoms with Crippen molar-refractivity contribution in [2.75, 3.05) is 0 Å². The number of rotatable bonds is 15. The maximum atomic E-state index is 11.4. The van der Waals surface area contributed by atoms with Crippen LogP contribution in [-0.4, -0.2) is 45.2 Å². The molecule has 0 spiro atoms. The minimum atomic E-state index is -1.57. The van der Waals surface area contributed by atoms with Gasteiger partial charge in [0.05, 0.1) is 0 Å². The second-order valence-electron chi connectivity index (χ2n) is 6.37. The third kappa shape index (κ3) is 10.2. The summed E-state index contributed by atoms with van der Waals surface area (Å²) in [6.45, 7) is 4.05. The lowest BCUT2D eigenvalue weighted by Crippen LogP contribution is -2.39. The molecule has 5 heteroatoms. The molecule has 0 aromatic rings. The van der Waals surface area contributed by atoms with Crippen molar-refractivity contribution in [2.45, 2.75) is 97.3 Å². The largest absolute Gasteiger partial charge is 0.480 e. The van der Waals surface area contributed by atoms with Gasteiger partial charge in [0.25, 0.3) is 0 Å². The monoisotopic (exact) mass is 340 g/mol. The van der Waals surface area contributed by atoms with Gasteiger partial charge >= 0.3 is 35.0 Å². The normalized spacial score (nSPS) is 11.0. The number of hydrogen-bond donors (Lipinski definition) is 2. The lowest BCUT2D eigenvalue weighted by molar-refractivity contribution is -0.166. The van der Waals surface area contributed by atoms with Crippen LogP contribution in [0.4, 0.5) is 0 Å². The van der Waals surface area contributed by atoms with Gasteiger partial charge in [0.2, 0.25) is 0 Å².